The molecule has 132 valence electrons. The van der Waals surface area contributed by atoms with Crippen LogP contribution in [0.1, 0.15) is 36.0 Å². The van der Waals surface area contributed by atoms with E-state index >= 15 is 0 Å². The number of aromatic nitrogens is 2. The minimum absolute atomic E-state index is 0.0681. The number of nitrogen functional groups attached to an aromatic ring is 1. The first kappa shape index (κ1) is 17.0. The van der Waals surface area contributed by atoms with Gasteiger partial charge in [0.1, 0.15) is 11.4 Å². The predicted octanol–water partition coefficient (Wildman–Crippen LogP) is 1.58. The van der Waals surface area contributed by atoms with E-state index in [4.69, 9.17) is 17.2 Å². The molecule has 8 nitrogen and oxygen atoms in total. The second kappa shape index (κ2) is 7.35. The summed E-state index contributed by atoms with van der Waals surface area (Å²) < 4.78 is 0. The van der Waals surface area contributed by atoms with Crippen LogP contribution in [0.4, 0.5) is 23.1 Å². The Morgan fingerprint density at radius 3 is 2.76 bits per heavy atom. The molecule has 2 atom stereocenters. The van der Waals surface area contributed by atoms with E-state index in [1.165, 1.54) is 6.20 Å². The van der Waals surface area contributed by atoms with Crippen molar-refractivity contribution in [2.24, 2.45) is 11.5 Å². The number of nitrogens with zero attached hydrogens (tertiary/aromatic N) is 2. The third-order valence-electron chi connectivity index (χ3n) is 4.34. The molecule has 1 aliphatic carbocycles. The van der Waals surface area contributed by atoms with E-state index in [0.717, 1.165) is 25.7 Å². The molecule has 25 heavy (non-hydrogen) atoms. The minimum atomic E-state index is -0.604. The quantitative estimate of drug-likeness (QED) is 0.519. The molecular formula is C17H23N7O. The Bertz CT molecular complexity index is 764. The molecule has 8 N–H and O–H groups in total. The lowest BCUT2D eigenvalue weighted by Crippen LogP contribution is -2.43. The number of nitrogens with one attached hydrogen (secondary N) is 2. The standard InChI is InChI=1S/C17H23N7O/c18-10-4-3-5-11(8-10)22-16-12(15(20)25)9-21-17(24-16)23-14-7-2-1-6-13(14)19/h3-5,8-9,13-14H,1-2,6-7,18-19H2,(H2,20,25)(H2,21,22,23,24)/t13-,14+/m0/s1. The molecule has 0 aliphatic heterocycles. The smallest absolute Gasteiger partial charge is 0.254 e. The van der Waals surface area contributed by atoms with Crippen LogP contribution in [-0.2, 0) is 0 Å². The van der Waals surface area contributed by atoms with Gasteiger partial charge in [-0.25, -0.2) is 4.98 Å². The van der Waals surface area contributed by atoms with Crippen molar-refractivity contribution in [1.82, 2.24) is 9.97 Å². The summed E-state index contributed by atoms with van der Waals surface area (Å²) in [5.41, 5.74) is 18.9. The summed E-state index contributed by atoms with van der Waals surface area (Å²) in [5.74, 6) is 0.144. The number of carbonyl (C=O) groups is 1. The van der Waals surface area contributed by atoms with Crippen LogP contribution >= 0.6 is 0 Å². The van der Waals surface area contributed by atoms with Crippen molar-refractivity contribution in [3.63, 3.8) is 0 Å². The molecule has 1 fully saturated rings. The summed E-state index contributed by atoms with van der Waals surface area (Å²) in [6, 6.07) is 7.34. The molecule has 8 heteroatoms. The van der Waals surface area contributed by atoms with E-state index in [0.29, 0.717) is 23.1 Å². The van der Waals surface area contributed by atoms with Gasteiger partial charge in [0.25, 0.3) is 5.91 Å². The maximum atomic E-state index is 11.7. The number of hydrogen-bond donors (Lipinski definition) is 5. The van der Waals surface area contributed by atoms with Crippen LogP contribution in [0.5, 0.6) is 0 Å². The lowest BCUT2D eigenvalue weighted by Gasteiger charge is -2.29. The minimum Gasteiger partial charge on any atom is -0.399 e. The van der Waals surface area contributed by atoms with Gasteiger partial charge in [-0.05, 0) is 31.0 Å². The third-order valence-corrected chi connectivity index (χ3v) is 4.34. The summed E-state index contributed by atoms with van der Waals surface area (Å²) in [5, 5.41) is 6.35. The molecule has 1 aromatic carbocycles. The molecule has 1 aromatic heterocycles. The number of rotatable bonds is 5. The summed E-state index contributed by atoms with van der Waals surface area (Å²) >= 11 is 0. The monoisotopic (exact) mass is 341 g/mol. The van der Waals surface area contributed by atoms with E-state index in [-0.39, 0.29) is 17.6 Å². The van der Waals surface area contributed by atoms with E-state index < -0.39 is 5.91 Å². The maximum Gasteiger partial charge on any atom is 0.254 e. The topological polar surface area (TPSA) is 145 Å². The van der Waals surface area contributed by atoms with Gasteiger partial charge in [-0.1, -0.05) is 18.9 Å². The van der Waals surface area contributed by atoms with Gasteiger partial charge < -0.3 is 27.8 Å². The fraction of sp³-hybridized carbons (Fsp3) is 0.353. The van der Waals surface area contributed by atoms with Crippen molar-refractivity contribution in [2.75, 3.05) is 16.4 Å². The van der Waals surface area contributed by atoms with E-state index in [2.05, 4.69) is 20.6 Å². The molecule has 0 radical (unpaired) electrons. The number of nitrogens with two attached hydrogens (primary N) is 3. The van der Waals surface area contributed by atoms with Crippen LogP contribution in [0.15, 0.2) is 30.5 Å². The van der Waals surface area contributed by atoms with Crippen LogP contribution in [0.2, 0.25) is 0 Å². The molecule has 1 heterocycles. The lowest BCUT2D eigenvalue weighted by atomic mass is 9.91. The number of anilines is 4. The predicted molar refractivity (Wildman–Crippen MR) is 98.5 cm³/mol. The van der Waals surface area contributed by atoms with Crippen LogP contribution < -0.4 is 27.8 Å². The van der Waals surface area contributed by atoms with Gasteiger partial charge in [0.15, 0.2) is 0 Å². The van der Waals surface area contributed by atoms with Crippen LogP contribution in [0, 0.1) is 0 Å². The van der Waals surface area contributed by atoms with Crippen molar-refractivity contribution in [3.05, 3.63) is 36.0 Å². The highest BCUT2D eigenvalue weighted by Crippen LogP contribution is 2.23. The molecule has 1 amide bonds. The average Bonchev–Trinajstić information content (AvgIpc) is 2.57. The van der Waals surface area contributed by atoms with Gasteiger partial charge in [0.05, 0.1) is 0 Å². The Hall–Kier alpha value is -2.87. The first-order valence-electron chi connectivity index (χ1n) is 8.34. The summed E-state index contributed by atoms with van der Waals surface area (Å²) in [7, 11) is 0. The molecule has 0 saturated heterocycles. The Kier molecular flexibility index (Phi) is 4.99. The van der Waals surface area contributed by atoms with Crippen molar-refractivity contribution in [2.45, 2.75) is 37.8 Å². The van der Waals surface area contributed by atoms with E-state index in [1.54, 1.807) is 12.1 Å². The van der Waals surface area contributed by atoms with Crippen molar-refractivity contribution >= 4 is 29.0 Å². The highest BCUT2D eigenvalue weighted by atomic mass is 16.1. The maximum absolute atomic E-state index is 11.7. The molecular weight excluding hydrogens is 318 g/mol. The molecule has 3 rings (SSSR count). The van der Waals surface area contributed by atoms with E-state index in [1.807, 2.05) is 12.1 Å². The van der Waals surface area contributed by atoms with Crippen molar-refractivity contribution in [1.29, 1.82) is 0 Å². The van der Waals surface area contributed by atoms with Crippen LogP contribution in [0.25, 0.3) is 0 Å². The van der Waals surface area contributed by atoms with Gasteiger partial charge in [0, 0.05) is 29.7 Å². The van der Waals surface area contributed by atoms with Crippen molar-refractivity contribution in [3.8, 4) is 0 Å². The van der Waals surface area contributed by atoms with Gasteiger partial charge >= 0.3 is 0 Å². The molecule has 1 saturated carbocycles. The summed E-state index contributed by atoms with van der Waals surface area (Å²) in [6.07, 6.45) is 5.63. The Morgan fingerprint density at radius 2 is 2.04 bits per heavy atom. The average molecular weight is 341 g/mol. The highest BCUT2D eigenvalue weighted by Gasteiger charge is 2.23. The Morgan fingerprint density at radius 1 is 1.24 bits per heavy atom. The summed E-state index contributed by atoms with van der Waals surface area (Å²) in [4.78, 5) is 20.3. The molecule has 0 spiro atoms. The molecule has 0 unspecified atom stereocenters. The van der Waals surface area contributed by atoms with Crippen LogP contribution in [-0.4, -0.2) is 28.0 Å². The Balaban J connectivity index is 1.85. The second-order valence-electron chi connectivity index (χ2n) is 6.27. The fourth-order valence-electron chi connectivity index (χ4n) is 2.98. The number of amides is 1. The van der Waals surface area contributed by atoms with Gasteiger partial charge in [0.2, 0.25) is 5.95 Å². The second-order valence-corrected chi connectivity index (χ2v) is 6.27. The normalized spacial score (nSPS) is 20.0. The van der Waals surface area contributed by atoms with Gasteiger partial charge in [-0.2, -0.15) is 4.98 Å². The van der Waals surface area contributed by atoms with Crippen molar-refractivity contribution < 1.29 is 4.79 Å². The first-order valence-corrected chi connectivity index (χ1v) is 8.34. The zero-order valence-electron chi connectivity index (χ0n) is 13.9. The SMILES string of the molecule is NC(=O)c1cnc(N[C@@H]2CCCC[C@@H]2N)nc1Nc1cccc(N)c1. The number of carbonyl (C=O) groups excluding carboxylic acids is 1. The largest absolute Gasteiger partial charge is 0.399 e. The molecule has 0 bridgehead atoms. The zero-order chi connectivity index (χ0) is 17.8. The lowest BCUT2D eigenvalue weighted by molar-refractivity contribution is 0.100. The summed E-state index contributed by atoms with van der Waals surface area (Å²) in [6.45, 7) is 0. The third kappa shape index (κ3) is 4.16. The molecule has 2 aromatic rings. The number of primary amides is 1. The fourth-order valence-corrected chi connectivity index (χ4v) is 2.98. The van der Waals surface area contributed by atoms with Crippen LogP contribution in [0.3, 0.4) is 0 Å². The first-order chi connectivity index (χ1) is 12.0. The van der Waals surface area contributed by atoms with E-state index in [9.17, 15) is 4.79 Å². The number of benzene rings is 1. The molecule has 1 aliphatic rings. The van der Waals surface area contributed by atoms with Gasteiger partial charge in [-0.15, -0.1) is 0 Å². The zero-order valence-corrected chi connectivity index (χ0v) is 13.9. The van der Waals surface area contributed by atoms with Gasteiger partial charge in [-0.3, -0.25) is 4.79 Å². The Labute approximate surface area is 146 Å². The highest BCUT2D eigenvalue weighted by molar-refractivity contribution is 5.98. The number of hydrogen-bond acceptors (Lipinski definition) is 7.